The van der Waals surface area contributed by atoms with E-state index in [0.717, 1.165) is 17.2 Å². The fourth-order valence-corrected chi connectivity index (χ4v) is 4.68. The first-order valence-corrected chi connectivity index (χ1v) is 9.75. The van der Waals surface area contributed by atoms with Crippen molar-refractivity contribution in [1.82, 2.24) is 9.97 Å². The van der Waals surface area contributed by atoms with E-state index in [1.54, 1.807) is 0 Å². The van der Waals surface area contributed by atoms with Gasteiger partial charge in [-0.25, -0.2) is 13.4 Å². The lowest BCUT2D eigenvalue weighted by Crippen LogP contribution is -2.33. The third-order valence-electron chi connectivity index (χ3n) is 4.39. The molecule has 2 aromatic rings. The Kier molecular flexibility index (Phi) is 4.45. The van der Waals surface area contributed by atoms with Crippen LogP contribution in [-0.4, -0.2) is 50.0 Å². The standard InChI is InChI=1S/C17H22N4O2S/c1-13-11-16(20(2)15-9-10-24(22,23)12-15)19-17(18-13)21(3)14-7-5-4-6-8-14/h4-8,11,15H,9-10,12H2,1-3H3. The maximum Gasteiger partial charge on any atom is 0.231 e. The summed E-state index contributed by atoms with van der Waals surface area (Å²) in [5.74, 6) is 1.80. The number of hydrogen-bond acceptors (Lipinski definition) is 6. The van der Waals surface area contributed by atoms with Gasteiger partial charge in [-0.15, -0.1) is 0 Å². The second-order valence-electron chi connectivity index (χ2n) is 6.23. The van der Waals surface area contributed by atoms with Crippen LogP contribution in [0.3, 0.4) is 0 Å². The summed E-state index contributed by atoms with van der Waals surface area (Å²) >= 11 is 0. The average molecular weight is 346 g/mol. The van der Waals surface area contributed by atoms with Crippen molar-refractivity contribution in [2.75, 3.05) is 35.4 Å². The quantitative estimate of drug-likeness (QED) is 0.845. The van der Waals surface area contributed by atoms with Crippen LogP contribution in [0.2, 0.25) is 0 Å². The van der Waals surface area contributed by atoms with E-state index in [4.69, 9.17) is 0 Å². The molecule has 1 saturated heterocycles. The molecule has 1 aliphatic heterocycles. The van der Waals surface area contributed by atoms with Gasteiger partial charge in [-0.1, -0.05) is 18.2 Å². The summed E-state index contributed by atoms with van der Waals surface area (Å²) in [6.07, 6.45) is 0.645. The molecule has 0 bridgehead atoms. The van der Waals surface area contributed by atoms with Crippen LogP contribution >= 0.6 is 0 Å². The van der Waals surface area contributed by atoms with Crippen LogP contribution in [-0.2, 0) is 9.84 Å². The van der Waals surface area contributed by atoms with E-state index in [-0.39, 0.29) is 17.5 Å². The molecular formula is C17H22N4O2S. The highest BCUT2D eigenvalue weighted by atomic mass is 32.2. The third kappa shape index (κ3) is 3.51. The third-order valence-corrected chi connectivity index (χ3v) is 6.14. The highest BCUT2D eigenvalue weighted by Gasteiger charge is 2.31. The van der Waals surface area contributed by atoms with Gasteiger partial charge in [0.05, 0.1) is 11.5 Å². The first-order chi connectivity index (χ1) is 11.4. The molecule has 0 amide bonds. The SMILES string of the molecule is Cc1cc(N(C)C2CCS(=O)(=O)C2)nc(N(C)c2ccccc2)n1. The summed E-state index contributed by atoms with van der Waals surface area (Å²) in [4.78, 5) is 13.1. The average Bonchev–Trinajstić information content (AvgIpc) is 2.93. The van der Waals surface area contributed by atoms with Gasteiger partial charge in [0.15, 0.2) is 9.84 Å². The summed E-state index contributed by atoms with van der Waals surface area (Å²) in [7, 11) is 0.903. The second-order valence-corrected chi connectivity index (χ2v) is 8.46. The van der Waals surface area contributed by atoms with Crippen LogP contribution in [0.25, 0.3) is 0 Å². The first-order valence-electron chi connectivity index (χ1n) is 7.93. The lowest BCUT2D eigenvalue weighted by atomic mass is 10.2. The predicted octanol–water partition coefficient (Wildman–Crippen LogP) is 2.18. The Labute approximate surface area is 143 Å². The van der Waals surface area contributed by atoms with E-state index in [9.17, 15) is 8.42 Å². The van der Waals surface area contributed by atoms with E-state index in [1.807, 2.05) is 67.2 Å². The molecular weight excluding hydrogens is 324 g/mol. The van der Waals surface area contributed by atoms with Gasteiger partial charge < -0.3 is 9.80 Å². The van der Waals surface area contributed by atoms with Crippen molar-refractivity contribution >= 4 is 27.3 Å². The van der Waals surface area contributed by atoms with Crippen molar-refractivity contribution < 1.29 is 8.42 Å². The Hall–Kier alpha value is -2.15. The lowest BCUT2D eigenvalue weighted by molar-refractivity contribution is 0.600. The molecule has 1 unspecified atom stereocenters. The van der Waals surface area contributed by atoms with Crippen LogP contribution in [0.4, 0.5) is 17.5 Å². The number of sulfone groups is 1. The maximum atomic E-state index is 11.7. The van der Waals surface area contributed by atoms with Gasteiger partial charge in [-0.05, 0) is 25.5 Å². The molecule has 7 heteroatoms. The predicted molar refractivity (Wildman–Crippen MR) is 96.7 cm³/mol. The van der Waals surface area contributed by atoms with Crippen molar-refractivity contribution in [3.05, 3.63) is 42.1 Å². The summed E-state index contributed by atoms with van der Waals surface area (Å²) in [5.41, 5.74) is 1.85. The van der Waals surface area contributed by atoms with Gasteiger partial charge in [0.2, 0.25) is 5.95 Å². The number of rotatable bonds is 4. The number of para-hydroxylation sites is 1. The fourth-order valence-electron chi connectivity index (χ4n) is 2.90. The van der Waals surface area contributed by atoms with E-state index < -0.39 is 9.84 Å². The highest BCUT2D eigenvalue weighted by Crippen LogP contribution is 2.25. The van der Waals surface area contributed by atoms with Crippen LogP contribution in [0.5, 0.6) is 0 Å². The molecule has 0 spiro atoms. The van der Waals surface area contributed by atoms with Crippen molar-refractivity contribution in [2.24, 2.45) is 0 Å². The topological polar surface area (TPSA) is 66.4 Å². The monoisotopic (exact) mass is 346 g/mol. The molecule has 6 nitrogen and oxygen atoms in total. The van der Waals surface area contributed by atoms with E-state index in [2.05, 4.69) is 9.97 Å². The minimum atomic E-state index is -2.92. The molecule has 0 saturated carbocycles. The van der Waals surface area contributed by atoms with Crippen LogP contribution in [0.15, 0.2) is 36.4 Å². The van der Waals surface area contributed by atoms with Crippen molar-refractivity contribution in [2.45, 2.75) is 19.4 Å². The number of nitrogens with zero attached hydrogens (tertiary/aromatic N) is 4. The molecule has 0 radical (unpaired) electrons. The summed E-state index contributed by atoms with van der Waals surface area (Å²) in [6.45, 7) is 1.92. The number of aromatic nitrogens is 2. The number of hydrogen-bond donors (Lipinski definition) is 0. The molecule has 0 aliphatic carbocycles. The van der Waals surface area contributed by atoms with Gasteiger partial charge in [0.1, 0.15) is 5.82 Å². The molecule has 1 atom stereocenters. The molecule has 1 aromatic carbocycles. The minimum absolute atomic E-state index is 0.0285. The van der Waals surface area contributed by atoms with Crippen LogP contribution in [0, 0.1) is 6.92 Å². The largest absolute Gasteiger partial charge is 0.355 e. The number of aryl methyl sites for hydroxylation is 1. The Bertz CT molecular complexity index is 824. The zero-order valence-electron chi connectivity index (χ0n) is 14.2. The molecule has 128 valence electrons. The molecule has 1 fully saturated rings. The smallest absolute Gasteiger partial charge is 0.231 e. The van der Waals surface area contributed by atoms with Crippen LogP contribution in [0.1, 0.15) is 12.1 Å². The Morgan fingerprint density at radius 3 is 2.46 bits per heavy atom. The summed E-state index contributed by atoms with van der Waals surface area (Å²) < 4.78 is 23.5. The van der Waals surface area contributed by atoms with Crippen molar-refractivity contribution in [3.8, 4) is 0 Å². The van der Waals surface area contributed by atoms with Crippen molar-refractivity contribution in [1.29, 1.82) is 0 Å². The molecule has 2 heterocycles. The lowest BCUT2D eigenvalue weighted by Gasteiger charge is -2.26. The highest BCUT2D eigenvalue weighted by molar-refractivity contribution is 7.91. The number of anilines is 3. The van der Waals surface area contributed by atoms with E-state index in [0.29, 0.717) is 12.4 Å². The van der Waals surface area contributed by atoms with E-state index in [1.165, 1.54) is 0 Å². The summed E-state index contributed by atoms with van der Waals surface area (Å²) in [6, 6.07) is 11.8. The Balaban J connectivity index is 1.89. The molecule has 0 N–H and O–H groups in total. The molecule has 1 aliphatic rings. The van der Waals surface area contributed by atoms with Gasteiger partial charge in [-0.2, -0.15) is 4.98 Å². The first kappa shape index (κ1) is 16.7. The van der Waals surface area contributed by atoms with Gasteiger partial charge >= 0.3 is 0 Å². The van der Waals surface area contributed by atoms with Gasteiger partial charge in [0, 0.05) is 37.6 Å². The second kappa shape index (κ2) is 6.39. The molecule has 1 aromatic heterocycles. The van der Waals surface area contributed by atoms with Crippen molar-refractivity contribution in [3.63, 3.8) is 0 Å². The number of benzene rings is 1. The molecule has 24 heavy (non-hydrogen) atoms. The Morgan fingerprint density at radius 2 is 1.83 bits per heavy atom. The fraction of sp³-hybridized carbons (Fsp3) is 0.412. The minimum Gasteiger partial charge on any atom is -0.355 e. The van der Waals surface area contributed by atoms with Gasteiger partial charge in [0.25, 0.3) is 0 Å². The van der Waals surface area contributed by atoms with Gasteiger partial charge in [-0.3, -0.25) is 0 Å². The van der Waals surface area contributed by atoms with E-state index >= 15 is 0 Å². The van der Waals surface area contributed by atoms with Crippen LogP contribution < -0.4 is 9.80 Å². The molecule has 3 rings (SSSR count). The Morgan fingerprint density at radius 1 is 1.12 bits per heavy atom. The zero-order chi connectivity index (χ0) is 17.3. The maximum absolute atomic E-state index is 11.7. The normalized spacial score (nSPS) is 19.2. The summed E-state index contributed by atoms with van der Waals surface area (Å²) in [5, 5.41) is 0. The zero-order valence-corrected chi connectivity index (χ0v) is 15.0.